The van der Waals surface area contributed by atoms with Crippen LogP contribution in [-0.4, -0.2) is 37.4 Å². The van der Waals surface area contributed by atoms with Gasteiger partial charge in [-0.3, -0.25) is 14.9 Å². The average molecular weight is 282 g/mol. The molecule has 1 aliphatic rings. The van der Waals surface area contributed by atoms with Crippen molar-refractivity contribution in [1.29, 1.82) is 0 Å². The summed E-state index contributed by atoms with van der Waals surface area (Å²) in [6, 6.07) is 9.57. The molecule has 4 nitrogen and oxygen atoms in total. The number of amides is 2. The molecule has 0 spiro atoms. The zero-order valence-corrected chi connectivity index (χ0v) is 12.3. The maximum absolute atomic E-state index is 12.3. The summed E-state index contributed by atoms with van der Waals surface area (Å²) in [5.41, 5.74) is 2.28. The average Bonchev–Trinajstić information content (AvgIpc) is 2.44. The number of imide groups is 1. The van der Waals surface area contributed by atoms with Crippen LogP contribution < -0.4 is 5.32 Å². The minimum atomic E-state index is -0.302. The van der Waals surface area contributed by atoms with Crippen LogP contribution in [0.25, 0.3) is 10.8 Å². The largest absolute Gasteiger partial charge is 0.309 e. The second kappa shape index (κ2) is 5.30. The minimum absolute atomic E-state index is 0.274. The topological polar surface area (TPSA) is 49.4 Å². The zero-order chi connectivity index (χ0) is 15.0. The molecule has 21 heavy (non-hydrogen) atoms. The smallest absolute Gasteiger partial charge is 0.259 e. The van der Waals surface area contributed by atoms with E-state index in [2.05, 4.69) is 10.2 Å². The molecule has 108 valence electrons. The Labute approximate surface area is 123 Å². The summed E-state index contributed by atoms with van der Waals surface area (Å²) in [6.07, 6.45) is 1.81. The van der Waals surface area contributed by atoms with Gasteiger partial charge in [0.1, 0.15) is 0 Å². The third-order valence-corrected chi connectivity index (χ3v) is 3.88. The molecule has 0 fully saturated rings. The van der Waals surface area contributed by atoms with E-state index in [1.165, 1.54) is 0 Å². The Kier molecular flexibility index (Phi) is 3.47. The molecule has 0 unspecified atom stereocenters. The number of hydrogen-bond acceptors (Lipinski definition) is 3. The van der Waals surface area contributed by atoms with E-state index in [1.54, 1.807) is 6.07 Å². The van der Waals surface area contributed by atoms with Gasteiger partial charge in [-0.1, -0.05) is 24.3 Å². The Bertz CT molecular complexity index is 735. The van der Waals surface area contributed by atoms with Gasteiger partial charge in [-0.15, -0.1) is 0 Å². The van der Waals surface area contributed by atoms with Gasteiger partial charge in [0.05, 0.1) is 5.56 Å². The molecule has 1 heterocycles. The first-order valence-corrected chi connectivity index (χ1v) is 7.13. The van der Waals surface area contributed by atoms with Crippen molar-refractivity contribution in [1.82, 2.24) is 10.2 Å². The summed E-state index contributed by atoms with van der Waals surface area (Å²) in [5, 5.41) is 4.19. The first-order valence-electron chi connectivity index (χ1n) is 7.13. The number of rotatable bonds is 4. The Morgan fingerprint density at radius 3 is 2.62 bits per heavy atom. The predicted molar refractivity (Wildman–Crippen MR) is 82.6 cm³/mol. The standard InChI is InChI=1S/C17H18N2O2/c1-19(2)10-4-6-12-9-8-11-5-3-7-13-14(11)15(12)17(21)18-16(13)20/h3,5,7-9H,4,6,10H2,1-2H3,(H,18,20,21). The van der Waals surface area contributed by atoms with Crippen LogP contribution in [0, 0.1) is 0 Å². The fraction of sp³-hybridized carbons (Fsp3) is 0.294. The molecule has 1 aliphatic heterocycles. The molecule has 2 aromatic rings. The van der Waals surface area contributed by atoms with Crippen molar-refractivity contribution in [2.24, 2.45) is 0 Å². The van der Waals surface area contributed by atoms with Gasteiger partial charge in [-0.25, -0.2) is 0 Å². The van der Waals surface area contributed by atoms with Crippen LogP contribution in [0.1, 0.15) is 32.7 Å². The highest BCUT2D eigenvalue weighted by Gasteiger charge is 2.26. The van der Waals surface area contributed by atoms with Crippen molar-refractivity contribution in [3.8, 4) is 0 Å². The predicted octanol–water partition coefficient (Wildman–Crippen LogP) is 2.22. The maximum Gasteiger partial charge on any atom is 0.259 e. The second-order valence-electron chi connectivity index (χ2n) is 5.69. The molecule has 0 bridgehead atoms. The normalized spacial score (nSPS) is 13.9. The molecule has 0 aromatic heterocycles. The molecule has 2 amide bonds. The summed E-state index contributed by atoms with van der Waals surface area (Å²) in [4.78, 5) is 26.3. The SMILES string of the molecule is CN(C)CCCc1ccc2cccc3c2c1C(=O)NC3=O. The van der Waals surface area contributed by atoms with Crippen LogP contribution in [0.2, 0.25) is 0 Å². The van der Waals surface area contributed by atoms with Gasteiger partial charge in [-0.2, -0.15) is 0 Å². The van der Waals surface area contributed by atoms with Crippen LogP contribution in [0.5, 0.6) is 0 Å². The first-order chi connectivity index (χ1) is 10.1. The third-order valence-electron chi connectivity index (χ3n) is 3.88. The van der Waals surface area contributed by atoms with Gasteiger partial charge in [0, 0.05) is 10.9 Å². The van der Waals surface area contributed by atoms with Gasteiger partial charge >= 0.3 is 0 Å². The summed E-state index contributed by atoms with van der Waals surface area (Å²) in [6.45, 7) is 0.972. The lowest BCUT2D eigenvalue weighted by atomic mass is 9.90. The van der Waals surface area contributed by atoms with Crippen LogP contribution in [0.3, 0.4) is 0 Å². The van der Waals surface area contributed by atoms with Gasteiger partial charge in [-0.05, 0) is 50.5 Å². The zero-order valence-electron chi connectivity index (χ0n) is 12.3. The minimum Gasteiger partial charge on any atom is -0.309 e. The van der Waals surface area contributed by atoms with E-state index < -0.39 is 0 Å². The lowest BCUT2D eigenvalue weighted by molar-refractivity contribution is 0.0844. The van der Waals surface area contributed by atoms with Crippen LogP contribution in [0.15, 0.2) is 30.3 Å². The summed E-state index contributed by atoms with van der Waals surface area (Å²) in [5.74, 6) is -0.576. The van der Waals surface area contributed by atoms with Crippen molar-refractivity contribution >= 4 is 22.6 Å². The molecule has 4 heteroatoms. The van der Waals surface area contributed by atoms with Crippen LogP contribution >= 0.6 is 0 Å². The van der Waals surface area contributed by atoms with Crippen molar-refractivity contribution in [2.75, 3.05) is 20.6 Å². The number of benzene rings is 2. The van der Waals surface area contributed by atoms with Gasteiger partial charge in [0.25, 0.3) is 11.8 Å². The third kappa shape index (κ3) is 2.43. The maximum atomic E-state index is 12.3. The lowest BCUT2D eigenvalue weighted by Crippen LogP contribution is -2.35. The first kappa shape index (κ1) is 13.8. The number of nitrogens with one attached hydrogen (secondary N) is 1. The van der Waals surface area contributed by atoms with Crippen molar-refractivity contribution in [3.05, 3.63) is 47.0 Å². The van der Waals surface area contributed by atoms with Gasteiger partial charge < -0.3 is 4.90 Å². The van der Waals surface area contributed by atoms with E-state index in [9.17, 15) is 9.59 Å². The number of carbonyl (C=O) groups is 2. The summed E-state index contributed by atoms with van der Waals surface area (Å²) < 4.78 is 0. The van der Waals surface area contributed by atoms with Crippen molar-refractivity contribution in [3.63, 3.8) is 0 Å². The van der Waals surface area contributed by atoms with Crippen LogP contribution in [0.4, 0.5) is 0 Å². The van der Waals surface area contributed by atoms with E-state index in [0.29, 0.717) is 11.1 Å². The van der Waals surface area contributed by atoms with E-state index in [1.807, 2.05) is 38.4 Å². The number of nitrogens with zero attached hydrogens (tertiary/aromatic N) is 1. The monoisotopic (exact) mass is 282 g/mol. The van der Waals surface area contributed by atoms with E-state index in [4.69, 9.17) is 0 Å². The van der Waals surface area contributed by atoms with Crippen LogP contribution in [-0.2, 0) is 6.42 Å². The molecule has 0 atom stereocenters. The highest BCUT2D eigenvalue weighted by molar-refractivity contribution is 6.26. The molecule has 0 aliphatic carbocycles. The molecule has 2 aromatic carbocycles. The Balaban J connectivity index is 2.10. The Morgan fingerprint density at radius 2 is 1.86 bits per heavy atom. The Morgan fingerprint density at radius 1 is 1.05 bits per heavy atom. The highest BCUT2D eigenvalue weighted by atomic mass is 16.2. The van der Waals surface area contributed by atoms with Crippen molar-refractivity contribution in [2.45, 2.75) is 12.8 Å². The van der Waals surface area contributed by atoms with E-state index >= 15 is 0 Å². The van der Waals surface area contributed by atoms with E-state index in [0.717, 1.165) is 35.7 Å². The molecular formula is C17H18N2O2. The molecule has 0 saturated heterocycles. The molecular weight excluding hydrogens is 264 g/mol. The second-order valence-corrected chi connectivity index (χ2v) is 5.69. The number of carbonyl (C=O) groups excluding carboxylic acids is 2. The summed E-state index contributed by atoms with van der Waals surface area (Å²) >= 11 is 0. The van der Waals surface area contributed by atoms with Gasteiger partial charge in [0.2, 0.25) is 0 Å². The quantitative estimate of drug-likeness (QED) is 0.875. The molecule has 1 N–H and O–H groups in total. The number of hydrogen-bond donors (Lipinski definition) is 1. The van der Waals surface area contributed by atoms with E-state index in [-0.39, 0.29) is 11.8 Å². The molecule has 3 rings (SSSR count). The number of aryl methyl sites for hydroxylation is 1. The van der Waals surface area contributed by atoms with Crippen molar-refractivity contribution < 1.29 is 9.59 Å². The summed E-state index contributed by atoms with van der Waals surface area (Å²) in [7, 11) is 4.07. The fourth-order valence-electron chi connectivity index (χ4n) is 2.90. The highest BCUT2D eigenvalue weighted by Crippen LogP contribution is 2.29. The molecule has 0 saturated carbocycles. The lowest BCUT2D eigenvalue weighted by Gasteiger charge is -2.20. The Hall–Kier alpha value is -2.20. The van der Waals surface area contributed by atoms with Gasteiger partial charge in [0.15, 0.2) is 0 Å². The fourth-order valence-corrected chi connectivity index (χ4v) is 2.90. The molecule has 0 radical (unpaired) electrons.